The van der Waals surface area contributed by atoms with Crippen molar-refractivity contribution in [1.29, 1.82) is 0 Å². The molecule has 0 unspecified atom stereocenters. The Bertz CT molecular complexity index is 919. The normalized spacial score (nSPS) is 22.5. The molecule has 3 amide bonds. The lowest BCUT2D eigenvalue weighted by Gasteiger charge is -2.37. The van der Waals surface area contributed by atoms with Crippen molar-refractivity contribution < 1.29 is 19.1 Å². The molecule has 2 aliphatic rings. The van der Waals surface area contributed by atoms with Gasteiger partial charge in [-0.25, -0.2) is 4.79 Å². The molecule has 2 aromatic carbocycles. The van der Waals surface area contributed by atoms with Gasteiger partial charge < -0.3 is 20.3 Å². The molecular formula is C24H27N3O4. The Morgan fingerprint density at radius 1 is 0.903 bits per heavy atom. The van der Waals surface area contributed by atoms with Crippen molar-refractivity contribution >= 4 is 17.9 Å². The predicted octanol–water partition coefficient (Wildman–Crippen LogP) is 2.75. The number of hydrogen-bond acceptors (Lipinski definition) is 4. The lowest BCUT2D eigenvalue weighted by Crippen LogP contribution is -2.58. The lowest BCUT2D eigenvalue weighted by molar-refractivity contribution is -0.144. The van der Waals surface area contributed by atoms with Gasteiger partial charge in [0.2, 0.25) is 11.8 Å². The second kappa shape index (κ2) is 9.64. The lowest BCUT2D eigenvalue weighted by atomic mass is 9.98. The Morgan fingerprint density at radius 3 is 2.26 bits per heavy atom. The molecule has 2 N–H and O–H groups in total. The SMILES string of the molecule is O=C(N[C@@H]1CC[C@@H]2CC[C@@H](C(=O)NCc3ccccc3)N2C1=O)OCc1ccccc1. The summed E-state index contributed by atoms with van der Waals surface area (Å²) in [4.78, 5) is 39.8. The Kier molecular flexibility index (Phi) is 6.50. The molecular weight excluding hydrogens is 394 g/mol. The van der Waals surface area contributed by atoms with Crippen molar-refractivity contribution in [3.8, 4) is 0 Å². The number of benzene rings is 2. The monoisotopic (exact) mass is 421 g/mol. The van der Waals surface area contributed by atoms with Gasteiger partial charge in [0.15, 0.2) is 0 Å². The van der Waals surface area contributed by atoms with Gasteiger partial charge >= 0.3 is 6.09 Å². The van der Waals surface area contributed by atoms with Gasteiger partial charge in [-0.3, -0.25) is 9.59 Å². The summed E-state index contributed by atoms with van der Waals surface area (Å²) in [5.41, 5.74) is 1.89. The van der Waals surface area contributed by atoms with Crippen LogP contribution in [0.2, 0.25) is 0 Å². The fourth-order valence-electron chi connectivity index (χ4n) is 4.36. The number of alkyl carbamates (subject to hydrolysis) is 1. The van der Waals surface area contributed by atoms with Gasteiger partial charge in [-0.1, -0.05) is 60.7 Å². The van der Waals surface area contributed by atoms with Crippen molar-refractivity contribution in [2.45, 2.75) is 57.0 Å². The first-order valence-corrected chi connectivity index (χ1v) is 10.7. The van der Waals surface area contributed by atoms with Crippen LogP contribution in [0.25, 0.3) is 0 Å². The van der Waals surface area contributed by atoms with Crippen LogP contribution in [0, 0.1) is 0 Å². The largest absolute Gasteiger partial charge is 0.445 e. The maximum absolute atomic E-state index is 13.1. The predicted molar refractivity (Wildman–Crippen MR) is 115 cm³/mol. The van der Waals surface area contributed by atoms with Crippen molar-refractivity contribution in [2.24, 2.45) is 0 Å². The summed E-state index contributed by atoms with van der Waals surface area (Å²) >= 11 is 0. The highest BCUT2D eigenvalue weighted by molar-refractivity contribution is 5.92. The smallest absolute Gasteiger partial charge is 0.408 e. The maximum atomic E-state index is 13.1. The second-order valence-corrected chi connectivity index (χ2v) is 8.03. The number of carbonyl (C=O) groups excluding carboxylic acids is 3. The Labute approximate surface area is 181 Å². The molecule has 7 nitrogen and oxygen atoms in total. The fraction of sp³-hybridized carbons (Fsp3) is 0.375. The van der Waals surface area contributed by atoms with Gasteiger partial charge in [0, 0.05) is 12.6 Å². The van der Waals surface area contributed by atoms with E-state index in [1.54, 1.807) is 4.90 Å². The quantitative estimate of drug-likeness (QED) is 0.751. The average Bonchev–Trinajstić information content (AvgIpc) is 3.24. The van der Waals surface area contributed by atoms with E-state index in [0.29, 0.717) is 19.4 Å². The first-order valence-electron chi connectivity index (χ1n) is 10.7. The molecule has 3 atom stereocenters. The zero-order valence-electron chi connectivity index (χ0n) is 17.3. The highest BCUT2D eigenvalue weighted by Crippen LogP contribution is 2.32. The third-order valence-corrected chi connectivity index (χ3v) is 5.96. The zero-order chi connectivity index (χ0) is 21.6. The number of nitrogens with one attached hydrogen (secondary N) is 2. The number of rotatable bonds is 6. The van der Waals surface area contributed by atoms with Gasteiger partial charge in [-0.05, 0) is 36.8 Å². The van der Waals surface area contributed by atoms with Crippen LogP contribution in [0.4, 0.5) is 4.79 Å². The van der Waals surface area contributed by atoms with E-state index >= 15 is 0 Å². The van der Waals surface area contributed by atoms with Crippen LogP contribution in [0.5, 0.6) is 0 Å². The summed E-state index contributed by atoms with van der Waals surface area (Å²) in [7, 11) is 0. The number of nitrogens with zero attached hydrogens (tertiary/aromatic N) is 1. The van der Waals surface area contributed by atoms with Crippen LogP contribution in [-0.4, -0.2) is 40.9 Å². The molecule has 0 radical (unpaired) electrons. The summed E-state index contributed by atoms with van der Waals surface area (Å²) in [6.07, 6.45) is 2.14. The van der Waals surface area contributed by atoms with E-state index in [4.69, 9.17) is 4.74 Å². The molecule has 0 aliphatic carbocycles. The van der Waals surface area contributed by atoms with E-state index in [9.17, 15) is 14.4 Å². The number of piperidine rings is 1. The second-order valence-electron chi connectivity index (χ2n) is 8.03. The molecule has 4 rings (SSSR count). The molecule has 2 saturated heterocycles. The molecule has 0 spiro atoms. The summed E-state index contributed by atoms with van der Waals surface area (Å²) in [5, 5.41) is 5.63. The van der Waals surface area contributed by atoms with Gasteiger partial charge in [0.25, 0.3) is 0 Å². The Morgan fingerprint density at radius 2 is 1.55 bits per heavy atom. The maximum Gasteiger partial charge on any atom is 0.408 e. The molecule has 0 aromatic heterocycles. The Balaban J connectivity index is 1.32. The number of hydrogen-bond donors (Lipinski definition) is 2. The van der Waals surface area contributed by atoms with Crippen LogP contribution in [0.3, 0.4) is 0 Å². The van der Waals surface area contributed by atoms with Crippen molar-refractivity contribution in [1.82, 2.24) is 15.5 Å². The molecule has 2 aliphatic heterocycles. The van der Waals surface area contributed by atoms with Crippen molar-refractivity contribution in [3.05, 3.63) is 71.8 Å². The number of carbonyl (C=O) groups is 3. The Hall–Kier alpha value is -3.35. The molecule has 162 valence electrons. The number of ether oxygens (including phenoxy) is 1. The van der Waals surface area contributed by atoms with Gasteiger partial charge in [-0.2, -0.15) is 0 Å². The highest BCUT2D eigenvalue weighted by atomic mass is 16.5. The van der Waals surface area contributed by atoms with E-state index in [2.05, 4.69) is 10.6 Å². The standard InChI is InChI=1S/C24H27N3O4/c28-22(25-15-17-7-3-1-4-8-17)21-14-12-19-11-13-20(23(29)27(19)21)26-24(30)31-16-18-9-5-2-6-10-18/h1-10,19-21H,11-16H2,(H,25,28)(H,26,30)/t19-,20-,21+/m1/s1. The van der Waals surface area contributed by atoms with Crippen LogP contribution in [0.1, 0.15) is 36.8 Å². The summed E-state index contributed by atoms with van der Waals surface area (Å²) in [6, 6.07) is 17.9. The summed E-state index contributed by atoms with van der Waals surface area (Å²) in [5.74, 6) is -0.350. The van der Waals surface area contributed by atoms with Crippen LogP contribution in [-0.2, 0) is 27.5 Å². The minimum absolute atomic E-state index is 0.0540. The summed E-state index contributed by atoms with van der Waals surface area (Å²) in [6.45, 7) is 0.570. The molecule has 0 bridgehead atoms. The first-order chi connectivity index (χ1) is 15.1. The number of amides is 3. The molecule has 2 aromatic rings. The third-order valence-electron chi connectivity index (χ3n) is 5.96. The molecule has 2 heterocycles. The van der Waals surface area contributed by atoms with E-state index in [1.165, 1.54) is 0 Å². The van der Waals surface area contributed by atoms with Gasteiger partial charge in [0.1, 0.15) is 18.7 Å². The summed E-state index contributed by atoms with van der Waals surface area (Å²) < 4.78 is 5.25. The topological polar surface area (TPSA) is 87.7 Å². The van der Waals surface area contributed by atoms with Gasteiger partial charge in [0.05, 0.1) is 0 Å². The van der Waals surface area contributed by atoms with Crippen molar-refractivity contribution in [2.75, 3.05) is 0 Å². The third kappa shape index (κ3) is 5.05. The minimum Gasteiger partial charge on any atom is -0.445 e. The molecule has 0 saturated carbocycles. The molecule has 7 heteroatoms. The van der Waals surface area contributed by atoms with E-state index in [0.717, 1.165) is 24.0 Å². The van der Waals surface area contributed by atoms with Crippen LogP contribution in [0.15, 0.2) is 60.7 Å². The fourth-order valence-corrected chi connectivity index (χ4v) is 4.36. The molecule has 2 fully saturated rings. The van der Waals surface area contributed by atoms with E-state index < -0.39 is 18.2 Å². The van der Waals surface area contributed by atoms with E-state index in [1.807, 2.05) is 60.7 Å². The van der Waals surface area contributed by atoms with Gasteiger partial charge in [-0.15, -0.1) is 0 Å². The zero-order valence-corrected chi connectivity index (χ0v) is 17.3. The van der Waals surface area contributed by atoms with E-state index in [-0.39, 0.29) is 24.5 Å². The first kappa shape index (κ1) is 20.9. The highest BCUT2D eigenvalue weighted by Gasteiger charge is 2.46. The average molecular weight is 421 g/mol. The molecule has 31 heavy (non-hydrogen) atoms. The van der Waals surface area contributed by atoms with Crippen LogP contribution >= 0.6 is 0 Å². The minimum atomic E-state index is -0.665. The van der Waals surface area contributed by atoms with Crippen molar-refractivity contribution in [3.63, 3.8) is 0 Å². The van der Waals surface area contributed by atoms with Crippen LogP contribution < -0.4 is 10.6 Å². The number of fused-ring (bicyclic) bond motifs is 1.